The number of aliphatic hydroxyl groups is 1. The van der Waals surface area contributed by atoms with E-state index in [-0.39, 0.29) is 12.4 Å². The van der Waals surface area contributed by atoms with Gasteiger partial charge in [-0.3, -0.25) is 4.79 Å². The largest absolute Gasteiger partial charge is 0.573 e. The summed E-state index contributed by atoms with van der Waals surface area (Å²) in [4.78, 5) is 14.2. The van der Waals surface area contributed by atoms with Gasteiger partial charge >= 0.3 is 6.36 Å². The van der Waals surface area contributed by atoms with Crippen molar-refractivity contribution < 1.29 is 32.5 Å². The number of ether oxygens (including phenoxy) is 2. The van der Waals surface area contributed by atoms with Crippen LogP contribution in [0.15, 0.2) is 60.0 Å². The average molecular weight is 437 g/mol. The molecule has 10 heteroatoms. The minimum Gasteiger partial charge on any atom is -0.452 e. The number of hydrogen-bond donors (Lipinski definition) is 2. The summed E-state index contributed by atoms with van der Waals surface area (Å²) >= 11 is 0. The van der Waals surface area contributed by atoms with Gasteiger partial charge in [0.15, 0.2) is 0 Å². The van der Waals surface area contributed by atoms with Crippen LogP contribution in [0.3, 0.4) is 0 Å². The van der Waals surface area contributed by atoms with Gasteiger partial charge in [-0.2, -0.15) is 0 Å². The minimum atomic E-state index is -4.83. The number of halogens is 3. The van der Waals surface area contributed by atoms with Gasteiger partial charge in [0.1, 0.15) is 17.3 Å². The monoisotopic (exact) mass is 437 g/mol. The first-order chi connectivity index (χ1) is 14.7. The van der Waals surface area contributed by atoms with Crippen molar-refractivity contribution in [2.24, 2.45) is 0 Å². The number of benzene rings is 2. The Morgan fingerprint density at radius 1 is 1.19 bits per heavy atom. The number of amides is 1. The van der Waals surface area contributed by atoms with Gasteiger partial charge in [-0.05, 0) is 24.6 Å². The molecule has 1 aliphatic rings. The third-order valence-corrected chi connectivity index (χ3v) is 4.58. The molecule has 2 aromatic carbocycles. The van der Waals surface area contributed by atoms with Crippen molar-refractivity contribution in [3.05, 3.63) is 71.2 Å². The summed E-state index contributed by atoms with van der Waals surface area (Å²) in [6, 6.07) is 12.8. The lowest BCUT2D eigenvalue weighted by Gasteiger charge is -2.28. The molecule has 1 heterocycles. The number of carbonyl (C=O) groups is 1. The van der Waals surface area contributed by atoms with E-state index in [1.54, 1.807) is 4.90 Å². The Morgan fingerprint density at radius 2 is 1.87 bits per heavy atom. The first-order valence-electron chi connectivity index (χ1n) is 9.33. The quantitative estimate of drug-likeness (QED) is 0.619. The van der Waals surface area contributed by atoms with Crippen molar-refractivity contribution in [3.63, 3.8) is 0 Å². The maximum atomic E-state index is 12.5. The first kappa shape index (κ1) is 22.3. The van der Waals surface area contributed by atoms with E-state index in [1.807, 2.05) is 31.2 Å². The van der Waals surface area contributed by atoms with E-state index in [2.05, 4.69) is 10.1 Å². The van der Waals surface area contributed by atoms with Crippen LogP contribution in [0.2, 0.25) is 0 Å². The Balaban J connectivity index is 1.87. The summed E-state index contributed by atoms with van der Waals surface area (Å²) in [5.41, 5.74) is 2.40. The van der Waals surface area contributed by atoms with Crippen LogP contribution >= 0.6 is 0 Å². The first-order valence-corrected chi connectivity index (χ1v) is 9.33. The highest BCUT2D eigenvalue weighted by atomic mass is 19.4. The standard InChI is InChI=1S/C21H22F3N3O4/c1-14-6-8-15(9-7-14)11-27-18(12-28)19(26(2)13-29)25-20(27)30-16-4-3-5-17(10-16)31-21(22,23)24/h3-10,13,20,25,28H,11-12H2,1-2H3/t20-/m1/s1. The molecule has 0 aliphatic carbocycles. The van der Waals surface area contributed by atoms with E-state index in [1.165, 1.54) is 24.1 Å². The van der Waals surface area contributed by atoms with Gasteiger partial charge in [0.25, 0.3) is 6.35 Å². The molecule has 1 amide bonds. The molecule has 2 N–H and O–H groups in total. The third-order valence-electron chi connectivity index (χ3n) is 4.58. The number of nitrogens with one attached hydrogen (secondary N) is 1. The molecule has 0 unspecified atom stereocenters. The summed E-state index contributed by atoms with van der Waals surface area (Å²) in [5, 5.41) is 12.9. The van der Waals surface area contributed by atoms with Gasteiger partial charge in [0.2, 0.25) is 6.41 Å². The Kier molecular flexibility index (Phi) is 6.59. The van der Waals surface area contributed by atoms with E-state index < -0.39 is 18.5 Å². The zero-order valence-electron chi connectivity index (χ0n) is 16.9. The summed E-state index contributed by atoms with van der Waals surface area (Å²) in [6.45, 7) is 1.89. The lowest BCUT2D eigenvalue weighted by molar-refractivity contribution is -0.274. The highest BCUT2D eigenvalue weighted by molar-refractivity contribution is 5.51. The van der Waals surface area contributed by atoms with Gasteiger partial charge in [0, 0.05) is 19.7 Å². The van der Waals surface area contributed by atoms with Crippen LogP contribution in [0.1, 0.15) is 11.1 Å². The topological polar surface area (TPSA) is 74.3 Å². The second-order valence-corrected chi connectivity index (χ2v) is 6.92. The van der Waals surface area contributed by atoms with Crippen LogP contribution in [0.25, 0.3) is 0 Å². The molecular formula is C21H22F3N3O4. The zero-order chi connectivity index (χ0) is 22.6. The van der Waals surface area contributed by atoms with Crippen molar-refractivity contribution in [2.75, 3.05) is 13.7 Å². The van der Waals surface area contributed by atoms with Gasteiger partial charge in [-0.1, -0.05) is 35.9 Å². The maximum Gasteiger partial charge on any atom is 0.573 e. The van der Waals surface area contributed by atoms with Crippen LogP contribution in [0.5, 0.6) is 11.5 Å². The van der Waals surface area contributed by atoms with Crippen LogP contribution < -0.4 is 14.8 Å². The molecule has 1 atom stereocenters. The number of rotatable bonds is 8. The van der Waals surface area contributed by atoms with E-state index in [4.69, 9.17) is 4.74 Å². The number of carbonyl (C=O) groups excluding carboxylic acids is 1. The molecular weight excluding hydrogens is 415 g/mol. The van der Waals surface area contributed by atoms with Crippen molar-refractivity contribution >= 4 is 6.41 Å². The third kappa shape index (κ3) is 5.60. The van der Waals surface area contributed by atoms with Gasteiger partial charge in [-0.15, -0.1) is 13.2 Å². The van der Waals surface area contributed by atoms with Crippen LogP contribution in [-0.4, -0.2) is 47.7 Å². The zero-order valence-corrected chi connectivity index (χ0v) is 16.9. The molecule has 0 bridgehead atoms. The molecule has 3 rings (SSSR count). The normalized spacial score (nSPS) is 16.2. The number of aliphatic hydroxyl groups excluding tert-OH is 1. The number of alkyl halides is 3. The SMILES string of the molecule is Cc1ccc(CN2C(CO)=C(N(C)C=O)N[C@H]2Oc2cccc(OC(F)(F)F)c2)cc1. The Hall–Kier alpha value is -3.40. The van der Waals surface area contributed by atoms with E-state index in [0.29, 0.717) is 24.5 Å². The number of hydrogen-bond acceptors (Lipinski definition) is 6. The van der Waals surface area contributed by atoms with Gasteiger partial charge in [-0.25, -0.2) is 0 Å². The number of aryl methyl sites for hydroxylation is 1. The molecule has 0 radical (unpaired) electrons. The number of nitrogens with zero attached hydrogens (tertiary/aromatic N) is 2. The molecule has 0 aromatic heterocycles. The molecule has 31 heavy (non-hydrogen) atoms. The van der Waals surface area contributed by atoms with E-state index in [9.17, 15) is 23.1 Å². The molecule has 166 valence electrons. The lowest BCUT2D eigenvalue weighted by atomic mass is 10.1. The molecule has 2 aromatic rings. The van der Waals surface area contributed by atoms with Crippen LogP contribution in [0, 0.1) is 6.92 Å². The maximum absolute atomic E-state index is 12.5. The van der Waals surface area contributed by atoms with Crippen molar-refractivity contribution in [3.8, 4) is 11.5 Å². The highest BCUT2D eigenvalue weighted by Gasteiger charge is 2.35. The fourth-order valence-corrected chi connectivity index (χ4v) is 3.11. The van der Waals surface area contributed by atoms with E-state index in [0.717, 1.165) is 23.3 Å². The Labute approximate surface area is 177 Å². The smallest absolute Gasteiger partial charge is 0.452 e. The molecule has 0 fully saturated rings. The lowest BCUT2D eigenvalue weighted by Crippen LogP contribution is -2.43. The summed E-state index contributed by atoms with van der Waals surface area (Å²) in [5.74, 6) is 0.0198. The minimum absolute atomic E-state index is 0.112. The van der Waals surface area contributed by atoms with Crippen LogP contribution in [0.4, 0.5) is 13.2 Å². The summed E-state index contributed by atoms with van der Waals surface area (Å²) in [6.07, 6.45) is -5.14. The fourth-order valence-electron chi connectivity index (χ4n) is 3.11. The molecule has 0 spiro atoms. The van der Waals surface area contributed by atoms with Gasteiger partial charge in [0.05, 0.1) is 12.3 Å². The molecule has 7 nitrogen and oxygen atoms in total. The predicted octanol–water partition coefficient (Wildman–Crippen LogP) is 2.91. The summed E-state index contributed by atoms with van der Waals surface area (Å²) in [7, 11) is 1.51. The molecule has 1 aliphatic heterocycles. The Bertz CT molecular complexity index is 948. The van der Waals surface area contributed by atoms with E-state index >= 15 is 0 Å². The predicted molar refractivity (Wildman–Crippen MR) is 105 cm³/mol. The average Bonchev–Trinajstić information content (AvgIpc) is 3.05. The van der Waals surface area contributed by atoms with Crippen molar-refractivity contribution in [1.29, 1.82) is 0 Å². The van der Waals surface area contributed by atoms with Crippen molar-refractivity contribution in [1.82, 2.24) is 15.1 Å². The highest BCUT2D eigenvalue weighted by Crippen LogP contribution is 2.30. The van der Waals surface area contributed by atoms with Crippen molar-refractivity contribution in [2.45, 2.75) is 26.2 Å². The second-order valence-electron chi connectivity index (χ2n) is 6.92. The molecule has 0 saturated carbocycles. The van der Waals surface area contributed by atoms with Gasteiger partial charge < -0.3 is 29.7 Å². The van der Waals surface area contributed by atoms with Crippen LogP contribution in [-0.2, 0) is 11.3 Å². The Morgan fingerprint density at radius 3 is 2.48 bits per heavy atom. The second kappa shape index (κ2) is 9.17. The molecule has 0 saturated heterocycles. The fraction of sp³-hybridized carbons (Fsp3) is 0.286. The summed E-state index contributed by atoms with van der Waals surface area (Å²) < 4.78 is 47.4.